The molecule has 1 aliphatic carbocycles. The Labute approximate surface area is 153 Å². The van der Waals surface area contributed by atoms with Crippen LogP contribution in [0.2, 0.25) is 10.0 Å². The van der Waals surface area contributed by atoms with Gasteiger partial charge >= 0.3 is 0 Å². The van der Waals surface area contributed by atoms with Crippen LogP contribution < -0.4 is 10.9 Å². The zero-order chi connectivity index (χ0) is 17.1. The lowest BCUT2D eigenvalue weighted by atomic mass is 9.97. The molecule has 2 aromatic rings. The molecule has 1 heterocycles. The van der Waals surface area contributed by atoms with Crippen molar-refractivity contribution in [3.05, 3.63) is 49.9 Å². The molecule has 1 amide bonds. The highest BCUT2D eigenvalue weighted by Crippen LogP contribution is 2.26. The van der Waals surface area contributed by atoms with Crippen molar-refractivity contribution in [2.24, 2.45) is 0 Å². The number of hydrogen-bond acceptors (Lipinski definition) is 4. The first kappa shape index (κ1) is 17.3. The van der Waals surface area contributed by atoms with Crippen molar-refractivity contribution >= 4 is 46.6 Å². The fraction of sp³-hybridized carbons (Fsp3) is 0.312. The van der Waals surface area contributed by atoms with Crippen LogP contribution in [-0.4, -0.2) is 21.6 Å². The first-order valence-corrected chi connectivity index (χ1v) is 9.27. The molecule has 126 valence electrons. The van der Waals surface area contributed by atoms with Crippen LogP contribution in [0.25, 0.3) is 0 Å². The fourth-order valence-corrected chi connectivity index (χ4v) is 3.70. The lowest BCUT2D eigenvalue weighted by Gasteiger charge is -2.14. The van der Waals surface area contributed by atoms with Gasteiger partial charge in [0.1, 0.15) is 0 Å². The Hall–Kier alpha value is -1.50. The Morgan fingerprint density at radius 2 is 2.08 bits per heavy atom. The van der Waals surface area contributed by atoms with Crippen molar-refractivity contribution in [3.63, 3.8) is 0 Å². The summed E-state index contributed by atoms with van der Waals surface area (Å²) in [6.45, 7) is 0. The van der Waals surface area contributed by atoms with Crippen LogP contribution in [0.1, 0.15) is 24.1 Å². The van der Waals surface area contributed by atoms with Crippen LogP contribution in [0.5, 0.6) is 0 Å². The molecule has 0 bridgehead atoms. The van der Waals surface area contributed by atoms with Crippen molar-refractivity contribution < 1.29 is 4.79 Å². The molecule has 0 unspecified atom stereocenters. The molecular weight excluding hydrogens is 369 g/mol. The van der Waals surface area contributed by atoms with Crippen LogP contribution in [0.4, 0.5) is 5.69 Å². The van der Waals surface area contributed by atoms with Gasteiger partial charge in [0.25, 0.3) is 5.56 Å². The van der Waals surface area contributed by atoms with Crippen molar-refractivity contribution in [2.45, 2.75) is 30.8 Å². The molecule has 3 rings (SSSR count). The highest BCUT2D eigenvalue weighted by Gasteiger charge is 2.16. The third-order valence-corrected chi connectivity index (χ3v) is 5.14. The number of anilines is 1. The number of carbonyl (C=O) groups excluding carboxylic acids is 1. The summed E-state index contributed by atoms with van der Waals surface area (Å²) in [6, 6.07) is 4.86. The minimum Gasteiger partial charge on any atom is -0.324 e. The maximum Gasteiger partial charge on any atom is 0.254 e. The highest BCUT2D eigenvalue weighted by atomic mass is 35.5. The molecule has 1 aromatic carbocycles. The number of nitrogens with one attached hydrogen (secondary N) is 2. The third-order valence-electron chi connectivity index (χ3n) is 3.71. The average molecular weight is 384 g/mol. The van der Waals surface area contributed by atoms with Crippen molar-refractivity contribution in [3.8, 4) is 0 Å². The largest absolute Gasteiger partial charge is 0.324 e. The Morgan fingerprint density at radius 3 is 2.88 bits per heavy atom. The summed E-state index contributed by atoms with van der Waals surface area (Å²) in [5, 5.41) is 4.06. The fourth-order valence-electron chi connectivity index (χ4n) is 2.56. The second-order valence-corrected chi connectivity index (χ2v) is 7.27. The van der Waals surface area contributed by atoms with E-state index in [-0.39, 0.29) is 17.2 Å². The zero-order valence-corrected chi connectivity index (χ0v) is 15.0. The van der Waals surface area contributed by atoms with E-state index >= 15 is 0 Å². The molecular formula is C16H15Cl2N3O2S. The van der Waals surface area contributed by atoms with E-state index in [1.165, 1.54) is 11.8 Å². The number of halogens is 2. The molecule has 2 N–H and O–H groups in total. The Bertz CT molecular complexity index is 839. The van der Waals surface area contributed by atoms with Crippen LogP contribution in [0.15, 0.2) is 28.2 Å². The monoisotopic (exact) mass is 383 g/mol. The van der Waals surface area contributed by atoms with Gasteiger partial charge in [0.2, 0.25) is 5.91 Å². The Balaban J connectivity index is 1.64. The number of nitrogens with zero attached hydrogens (tertiary/aromatic N) is 1. The number of aromatic amines is 1. The lowest BCUT2D eigenvalue weighted by Crippen LogP contribution is -2.22. The van der Waals surface area contributed by atoms with Crippen molar-refractivity contribution in [2.75, 3.05) is 11.1 Å². The van der Waals surface area contributed by atoms with E-state index in [2.05, 4.69) is 15.3 Å². The maximum atomic E-state index is 12.1. The maximum absolute atomic E-state index is 12.1. The van der Waals surface area contributed by atoms with E-state index < -0.39 is 0 Å². The first-order valence-electron chi connectivity index (χ1n) is 7.52. The SMILES string of the molecule is O=C(CSc1nc2c(c(=O)[nH]1)CCCC2)Nc1ccc(Cl)cc1Cl. The normalized spacial score (nSPS) is 13.4. The summed E-state index contributed by atoms with van der Waals surface area (Å²) in [4.78, 5) is 31.3. The number of aromatic nitrogens is 2. The summed E-state index contributed by atoms with van der Waals surface area (Å²) in [5.74, 6) is -0.106. The summed E-state index contributed by atoms with van der Waals surface area (Å²) in [5.41, 5.74) is 2.04. The van der Waals surface area contributed by atoms with Gasteiger partial charge in [0, 0.05) is 10.6 Å². The molecule has 8 heteroatoms. The lowest BCUT2D eigenvalue weighted by molar-refractivity contribution is -0.113. The van der Waals surface area contributed by atoms with Gasteiger partial charge in [-0.05, 0) is 43.9 Å². The molecule has 24 heavy (non-hydrogen) atoms. The second-order valence-electron chi connectivity index (χ2n) is 5.46. The summed E-state index contributed by atoms with van der Waals surface area (Å²) < 4.78 is 0. The molecule has 1 aliphatic rings. The van der Waals surface area contributed by atoms with E-state index in [1.54, 1.807) is 18.2 Å². The van der Waals surface area contributed by atoms with Gasteiger partial charge in [0.05, 0.1) is 22.2 Å². The van der Waals surface area contributed by atoms with Crippen LogP contribution in [0, 0.1) is 0 Å². The molecule has 5 nitrogen and oxygen atoms in total. The van der Waals surface area contributed by atoms with E-state index in [4.69, 9.17) is 23.2 Å². The number of H-pyrrole nitrogens is 1. The van der Waals surface area contributed by atoms with Crippen LogP contribution in [-0.2, 0) is 17.6 Å². The predicted octanol–water partition coefficient (Wildman–Crippen LogP) is 3.69. The number of carbonyl (C=O) groups is 1. The van der Waals surface area contributed by atoms with Crippen molar-refractivity contribution in [1.82, 2.24) is 9.97 Å². The molecule has 0 atom stereocenters. The number of fused-ring (bicyclic) bond motifs is 1. The minimum absolute atomic E-state index is 0.0941. The van der Waals surface area contributed by atoms with E-state index in [1.807, 2.05) is 0 Å². The molecule has 0 fully saturated rings. The highest BCUT2D eigenvalue weighted by molar-refractivity contribution is 7.99. The minimum atomic E-state index is -0.232. The smallest absolute Gasteiger partial charge is 0.254 e. The number of amides is 1. The van der Waals surface area contributed by atoms with Gasteiger partial charge in [-0.25, -0.2) is 4.98 Å². The standard InChI is InChI=1S/C16H15Cl2N3O2S/c17-9-5-6-13(11(18)7-9)19-14(22)8-24-16-20-12-4-2-1-3-10(12)15(23)21-16/h5-7H,1-4,8H2,(H,19,22)(H,20,21,23). The van der Waals surface area contributed by atoms with E-state index in [0.29, 0.717) is 20.9 Å². The molecule has 1 aromatic heterocycles. The number of aryl methyl sites for hydroxylation is 1. The van der Waals surface area contributed by atoms with Crippen LogP contribution >= 0.6 is 35.0 Å². The second kappa shape index (κ2) is 7.59. The molecule has 0 spiro atoms. The van der Waals surface area contributed by atoms with Gasteiger partial charge in [-0.1, -0.05) is 35.0 Å². The number of hydrogen-bond donors (Lipinski definition) is 2. The average Bonchev–Trinajstić information content (AvgIpc) is 2.56. The van der Waals surface area contributed by atoms with Gasteiger partial charge in [-0.2, -0.15) is 0 Å². The topological polar surface area (TPSA) is 74.8 Å². The summed E-state index contributed by atoms with van der Waals surface area (Å²) in [6.07, 6.45) is 3.66. The van der Waals surface area contributed by atoms with E-state index in [9.17, 15) is 9.59 Å². The van der Waals surface area contributed by atoms with Gasteiger partial charge < -0.3 is 10.3 Å². The zero-order valence-electron chi connectivity index (χ0n) is 12.7. The van der Waals surface area contributed by atoms with Gasteiger partial charge in [0.15, 0.2) is 5.16 Å². The number of rotatable bonds is 4. The molecule has 0 saturated heterocycles. The Kier molecular flexibility index (Phi) is 5.48. The third kappa shape index (κ3) is 4.12. The first-order chi connectivity index (χ1) is 11.5. The molecule has 0 aliphatic heterocycles. The quantitative estimate of drug-likeness (QED) is 0.623. The molecule has 0 saturated carbocycles. The van der Waals surface area contributed by atoms with E-state index in [0.717, 1.165) is 36.9 Å². The number of benzene rings is 1. The van der Waals surface area contributed by atoms with Crippen LogP contribution in [0.3, 0.4) is 0 Å². The summed E-state index contributed by atoms with van der Waals surface area (Å²) in [7, 11) is 0. The van der Waals surface area contributed by atoms with Crippen molar-refractivity contribution in [1.29, 1.82) is 0 Å². The van der Waals surface area contributed by atoms with Gasteiger partial charge in [-0.3, -0.25) is 9.59 Å². The van der Waals surface area contributed by atoms with Gasteiger partial charge in [-0.15, -0.1) is 0 Å². The Morgan fingerprint density at radius 1 is 1.29 bits per heavy atom. The molecule has 0 radical (unpaired) electrons. The number of thioether (sulfide) groups is 1. The predicted molar refractivity (Wildman–Crippen MR) is 97.3 cm³/mol. The summed E-state index contributed by atoms with van der Waals surface area (Å²) >= 11 is 13.0.